The molecule has 2 rings (SSSR count). The Morgan fingerprint density at radius 3 is 2.72 bits per heavy atom. The van der Waals surface area contributed by atoms with E-state index in [0.717, 1.165) is 16.8 Å². The van der Waals surface area contributed by atoms with Crippen molar-refractivity contribution in [2.45, 2.75) is 12.8 Å². The summed E-state index contributed by atoms with van der Waals surface area (Å²) < 4.78 is 4.76. The molecule has 0 aliphatic rings. The highest BCUT2D eigenvalue weighted by molar-refractivity contribution is 5.78. The van der Waals surface area contributed by atoms with E-state index in [0.29, 0.717) is 0 Å². The van der Waals surface area contributed by atoms with E-state index >= 15 is 0 Å². The normalized spacial score (nSPS) is 11.9. The maximum absolute atomic E-state index is 11.5. The topological polar surface area (TPSA) is 39.2 Å². The Balaban J connectivity index is 2.34. The molecular formula is C15H15NO2. The Morgan fingerprint density at radius 1 is 1.22 bits per heavy atom. The minimum atomic E-state index is -0.265. The molecule has 3 heteroatoms. The molecule has 0 saturated carbocycles. The first-order valence-electron chi connectivity index (χ1n) is 5.81. The van der Waals surface area contributed by atoms with Crippen LogP contribution in [0, 0.1) is 0 Å². The first-order valence-corrected chi connectivity index (χ1v) is 5.81. The second-order valence-corrected chi connectivity index (χ2v) is 4.09. The van der Waals surface area contributed by atoms with E-state index < -0.39 is 0 Å². The number of hydrogen-bond donors (Lipinski definition) is 0. The lowest BCUT2D eigenvalue weighted by Crippen LogP contribution is -2.10. The number of rotatable bonds is 3. The molecule has 0 N–H and O–H groups in total. The van der Waals surface area contributed by atoms with E-state index in [4.69, 9.17) is 4.74 Å². The van der Waals surface area contributed by atoms with Crippen molar-refractivity contribution in [2.24, 2.45) is 0 Å². The molecule has 18 heavy (non-hydrogen) atoms. The van der Waals surface area contributed by atoms with Gasteiger partial charge in [-0.2, -0.15) is 0 Å². The average Bonchev–Trinajstić information content (AvgIpc) is 2.46. The lowest BCUT2D eigenvalue weighted by Gasteiger charge is -2.10. The van der Waals surface area contributed by atoms with Crippen LogP contribution in [-0.2, 0) is 9.53 Å². The van der Waals surface area contributed by atoms with Gasteiger partial charge >= 0.3 is 5.97 Å². The zero-order valence-corrected chi connectivity index (χ0v) is 10.5. The Morgan fingerprint density at radius 2 is 2.06 bits per heavy atom. The van der Waals surface area contributed by atoms with Gasteiger partial charge < -0.3 is 4.74 Å². The highest BCUT2D eigenvalue weighted by atomic mass is 16.5. The fourth-order valence-electron chi connectivity index (χ4n) is 1.81. The van der Waals surface area contributed by atoms with Gasteiger partial charge in [-0.1, -0.05) is 24.3 Å². The maximum Gasteiger partial charge on any atom is 0.312 e. The van der Waals surface area contributed by atoms with Crippen LogP contribution in [0.2, 0.25) is 0 Å². The molecule has 0 saturated heterocycles. The number of carbonyl (C=O) groups excluding carboxylic acids is 1. The van der Waals surface area contributed by atoms with Crippen LogP contribution in [0.3, 0.4) is 0 Å². The molecule has 0 radical (unpaired) electrons. The summed E-state index contributed by atoms with van der Waals surface area (Å²) in [6.45, 7) is 1.84. The van der Waals surface area contributed by atoms with E-state index in [2.05, 4.69) is 4.98 Å². The molecule has 0 aliphatic heterocycles. The third kappa shape index (κ3) is 2.56. The molecule has 92 valence electrons. The molecule has 0 aliphatic carbocycles. The number of hydrogen-bond acceptors (Lipinski definition) is 3. The van der Waals surface area contributed by atoms with Crippen LogP contribution >= 0.6 is 0 Å². The SMILES string of the molecule is COC(=O)C(C)c1cccc(-c2ccccn2)c1. The lowest BCUT2D eigenvalue weighted by atomic mass is 9.98. The van der Waals surface area contributed by atoms with Crippen LogP contribution in [-0.4, -0.2) is 18.1 Å². The zero-order chi connectivity index (χ0) is 13.0. The van der Waals surface area contributed by atoms with Crippen LogP contribution in [0.25, 0.3) is 11.3 Å². The number of methoxy groups -OCH3 is 1. The summed E-state index contributed by atoms with van der Waals surface area (Å²) in [4.78, 5) is 15.8. The van der Waals surface area contributed by atoms with Crippen molar-refractivity contribution in [3.63, 3.8) is 0 Å². The summed E-state index contributed by atoms with van der Waals surface area (Å²) in [7, 11) is 1.40. The minimum Gasteiger partial charge on any atom is -0.469 e. The largest absolute Gasteiger partial charge is 0.469 e. The fraction of sp³-hybridized carbons (Fsp3) is 0.200. The zero-order valence-electron chi connectivity index (χ0n) is 10.5. The van der Waals surface area contributed by atoms with Gasteiger partial charge in [-0.25, -0.2) is 0 Å². The maximum atomic E-state index is 11.5. The Kier molecular flexibility index (Phi) is 3.72. The van der Waals surface area contributed by atoms with E-state index in [1.165, 1.54) is 7.11 Å². The van der Waals surface area contributed by atoms with Crippen LogP contribution in [0.15, 0.2) is 48.7 Å². The number of esters is 1. The predicted molar refractivity (Wildman–Crippen MR) is 70.1 cm³/mol. The Bertz CT molecular complexity index is 537. The molecule has 0 fully saturated rings. The second kappa shape index (κ2) is 5.45. The van der Waals surface area contributed by atoms with Gasteiger partial charge in [-0.05, 0) is 30.7 Å². The summed E-state index contributed by atoms with van der Waals surface area (Å²) in [5, 5.41) is 0. The van der Waals surface area contributed by atoms with Crippen LogP contribution in [0.5, 0.6) is 0 Å². The standard InChI is InChI=1S/C15H15NO2/c1-11(15(17)18-2)12-6-5-7-13(10-12)14-8-3-4-9-16-14/h3-11H,1-2H3. The van der Waals surface area contributed by atoms with Gasteiger partial charge in [-0.3, -0.25) is 9.78 Å². The third-order valence-electron chi connectivity index (χ3n) is 2.90. The van der Waals surface area contributed by atoms with Gasteiger partial charge in [0, 0.05) is 11.8 Å². The van der Waals surface area contributed by atoms with Crippen molar-refractivity contribution in [1.82, 2.24) is 4.98 Å². The van der Waals surface area contributed by atoms with Crippen molar-refractivity contribution in [1.29, 1.82) is 0 Å². The molecular weight excluding hydrogens is 226 g/mol. The molecule has 0 spiro atoms. The van der Waals surface area contributed by atoms with Gasteiger partial charge in [0.25, 0.3) is 0 Å². The van der Waals surface area contributed by atoms with E-state index in [1.807, 2.05) is 49.4 Å². The van der Waals surface area contributed by atoms with Gasteiger partial charge in [-0.15, -0.1) is 0 Å². The van der Waals surface area contributed by atoms with Crippen LogP contribution in [0.1, 0.15) is 18.4 Å². The summed E-state index contributed by atoms with van der Waals surface area (Å²) in [6, 6.07) is 13.6. The van der Waals surface area contributed by atoms with Crippen LogP contribution in [0.4, 0.5) is 0 Å². The number of nitrogens with zero attached hydrogens (tertiary/aromatic N) is 1. The van der Waals surface area contributed by atoms with Crippen molar-refractivity contribution in [3.05, 3.63) is 54.2 Å². The smallest absolute Gasteiger partial charge is 0.312 e. The number of aromatic nitrogens is 1. The number of benzene rings is 1. The number of carbonyl (C=O) groups is 1. The third-order valence-corrected chi connectivity index (χ3v) is 2.90. The van der Waals surface area contributed by atoms with Gasteiger partial charge in [0.15, 0.2) is 0 Å². The molecule has 2 aromatic rings. The van der Waals surface area contributed by atoms with E-state index in [1.54, 1.807) is 6.20 Å². The Hall–Kier alpha value is -2.16. The Labute approximate surface area is 106 Å². The van der Waals surface area contributed by atoms with Gasteiger partial charge in [0.1, 0.15) is 0 Å². The van der Waals surface area contributed by atoms with E-state index in [-0.39, 0.29) is 11.9 Å². The summed E-state index contributed by atoms with van der Waals surface area (Å²) in [5.41, 5.74) is 2.84. The summed E-state index contributed by atoms with van der Waals surface area (Å²) >= 11 is 0. The monoisotopic (exact) mass is 241 g/mol. The lowest BCUT2D eigenvalue weighted by molar-refractivity contribution is -0.141. The second-order valence-electron chi connectivity index (χ2n) is 4.09. The number of ether oxygens (including phenoxy) is 1. The summed E-state index contributed by atoms with van der Waals surface area (Å²) in [6.07, 6.45) is 1.76. The molecule has 1 unspecified atom stereocenters. The van der Waals surface area contributed by atoms with Crippen molar-refractivity contribution < 1.29 is 9.53 Å². The number of pyridine rings is 1. The quantitative estimate of drug-likeness (QED) is 0.775. The molecule has 0 bridgehead atoms. The van der Waals surface area contributed by atoms with Crippen molar-refractivity contribution in [2.75, 3.05) is 7.11 Å². The first kappa shape index (κ1) is 12.3. The van der Waals surface area contributed by atoms with Gasteiger partial charge in [0.05, 0.1) is 18.7 Å². The highest BCUT2D eigenvalue weighted by Crippen LogP contribution is 2.23. The first-order chi connectivity index (χ1) is 8.72. The van der Waals surface area contributed by atoms with Crippen molar-refractivity contribution >= 4 is 5.97 Å². The molecule has 1 atom stereocenters. The average molecular weight is 241 g/mol. The van der Waals surface area contributed by atoms with E-state index in [9.17, 15) is 4.79 Å². The molecule has 1 heterocycles. The molecule has 3 nitrogen and oxygen atoms in total. The van der Waals surface area contributed by atoms with Crippen LogP contribution < -0.4 is 0 Å². The minimum absolute atomic E-state index is 0.229. The molecule has 1 aromatic heterocycles. The van der Waals surface area contributed by atoms with Gasteiger partial charge in [0.2, 0.25) is 0 Å². The highest BCUT2D eigenvalue weighted by Gasteiger charge is 2.15. The fourth-order valence-corrected chi connectivity index (χ4v) is 1.81. The molecule has 0 amide bonds. The van der Waals surface area contributed by atoms with Crippen molar-refractivity contribution in [3.8, 4) is 11.3 Å². The molecule has 1 aromatic carbocycles. The predicted octanol–water partition coefficient (Wildman–Crippen LogP) is 3.03. The summed E-state index contributed by atoms with van der Waals surface area (Å²) in [5.74, 6) is -0.494.